The molecule has 1 aromatic heterocycles. The summed E-state index contributed by atoms with van der Waals surface area (Å²) in [6.45, 7) is 13.3. The lowest BCUT2D eigenvalue weighted by Gasteiger charge is -2.26. The van der Waals surface area contributed by atoms with Crippen LogP contribution in [-0.4, -0.2) is 39.3 Å². The minimum atomic E-state index is -1.19. The second kappa shape index (κ2) is 8.23. The Morgan fingerprint density at radius 2 is 1.72 bits per heavy atom. The summed E-state index contributed by atoms with van der Waals surface area (Å²) in [6, 6.07) is -0.725. The molecule has 0 saturated carbocycles. The van der Waals surface area contributed by atoms with Crippen LogP contribution in [0.25, 0.3) is 0 Å². The zero-order chi connectivity index (χ0) is 19.4. The van der Waals surface area contributed by atoms with Crippen LogP contribution in [0.3, 0.4) is 0 Å². The first-order valence-corrected chi connectivity index (χ1v) is 9.31. The SMILES string of the molecule is CCCC(NC(=O)C(O)C(C)(C)C)C(=O)Nc1nnc(C(C)(C)C)s1. The van der Waals surface area contributed by atoms with Crippen molar-refractivity contribution >= 4 is 28.3 Å². The van der Waals surface area contributed by atoms with E-state index in [0.717, 1.165) is 5.01 Å². The molecule has 0 radical (unpaired) electrons. The molecule has 2 atom stereocenters. The minimum absolute atomic E-state index is 0.144. The van der Waals surface area contributed by atoms with Gasteiger partial charge >= 0.3 is 0 Å². The number of carbonyl (C=O) groups is 2. The minimum Gasteiger partial charge on any atom is -0.383 e. The van der Waals surface area contributed by atoms with E-state index in [0.29, 0.717) is 18.0 Å². The van der Waals surface area contributed by atoms with Crippen LogP contribution in [0, 0.1) is 5.41 Å². The van der Waals surface area contributed by atoms with Crippen molar-refractivity contribution in [3.05, 3.63) is 5.01 Å². The van der Waals surface area contributed by atoms with Crippen LogP contribution in [0.15, 0.2) is 0 Å². The normalized spacial score (nSPS) is 14.7. The average molecular weight is 371 g/mol. The second-order valence-corrected chi connectivity index (χ2v) is 9.25. The summed E-state index contributed by atoms with van der Waals surface area (Å²) < 4.78 is 0. The zero-order valence-corrected chi connectivity index (χ0v) is 17.0. The summed E-state index contributed by atoms with van der Waals surface area (Å²) >= 11 is 1.32. The van der Waals surface area contributed by atoms with E-state index < -0.39 is 23.5 Å². The van der Waals surface area contributed by atoms with Gasteiger partial charge in [0.1, 0.15) is 17.2 Å². The van der Waals surface area contributed by atoms with Gasteiger partial charge in [-0.25, -0.2) is 0 Å². The van der Waals surface area contributed by atoms with Gasteiger partial charge in [-0.15, -0.1) is 10.2 Å². The number of nitrogens with one attached hydrogen (secondary N) is 2. The fraction of sp³-hybridized carbons (Fsp3) is 0.765. The molecule has 0 spiro atoms. The van der Waals surface area contributed by atoms with Gasteiger partial charge in [-0.2, -0.15) is 0 Å². The van der Waals surface area contributed by atoms with Crippen molar-refractivity contribution in [2.24, 2.45) is 5.41 Å². The number of aliphatic hydroxyl groups excluding tert-OH is 1. The average Bonchev–Trinajstić information content (AvgIpc) is 2.93. The Hall–Kier alpha value is -1.54. The van der Waals surface area contributed by atoms with Crippen molar-refractivity contribution in [3.63, 3.8) is 0 Å². The summed E-state index contributed by atoms with van der Waals surface area (Å²) in [6.07, 6.45) is 0.000802. The quantitative estimate of drug-likeness (QED) is 0.713. The Labute approximate surface area is 153 Å². The van der Waals surface area contributed by atoms with Gasteiger partial charge in [-0.1, -0.05) is 66.2 Å². The smallest absolute Gasteiger partial charge is 0.250 e. The van der Waals surface area contributed by atoms with Crippen LogP contribution >= 0.6 is 11.3 Å². The van der Waals surface area contributed by atoms with Crippen molar-refractivity contribution in [1.29, 1.82) is 0 Å². The fourth-order valence-corrected chi connectivity index (χ4v) is 2.78. The molecule has 25 heavy (non-hydrogen) atoms. The van der Waals surface area contributed by atoms with Gasteiger partial charge in [0, 0.05) is 5.41 Å². The second-order valence-electron chi connectivity index (χ2n) is 8.27. The molecule has 142 valence electrons. The third-order valence-corrected chi connectivity index (χ3v) is 4.84. The van der Waals surface area contributed by atoms with E-state index >= 15 is 0 Å². The van der Waals surface area contributed by atoms with E-state index in [-0.39, 0.29) is 11.3 Å². The van der Waals surface area contributed by atoms with E-state index in [1.165, 1.54) is 11.3 Å². The van der Waals surface area contributed by atoms with Crippen molar-refractivity contribution in [2.45, 2.75) is 78.9 Å². The van der Waals surface area contributed by atoms with E-state index in [9.17, 15) is 14.7 Å². The number of carbonyl (C=O) groups excluding carboxylic acids is 2. The van der Waals surface area contributed by atoms with E-state index in [1.54, 1.807) is 20.8 Å². The van der Waals surface area contributed by atoms with Crippen molar-refractivity contribution in [3.8, 4) is 0 Å². The van der Waals surface area contributed by atoms with Crippen LogP contribution < -0.4 is 10.6 Å². The lowest BCUT2D eigenvalue weighted by Crippen LogP contribution is -2.50. The molecule has 1 rings (SSSR count). The van der Waals surface area contributed by atoms with Gasteiger partial charge < -0.3 is 10.4 Å². The highest BCUT2D eigenvalue weighted by molar-refractivity contribution is 7.15. The van der Waals surface area contributed by atoms with Gasteiger partial charge in [0.25, 0.3) is 0 Å². The molecule has 0 aliphatic rings. The van der Waals surface area contributed by atoms with E-state index in [1.807, 2.05) is 27.7 Å². The number of aliphatic hydroxyl groups is 1. The first kappa shape index (κ1) is 21.5. The molecule has 0 aliphatic carbocycles. The molecule has 0 aliphatic heterocycles. The van der Waals surface area contributed by atoms with E-state index in [2.05, 4.69) is 20.8 Å². The van der Waals surface area contributed by atoms with Gasteiger partial charge in [0.2, 0.25) is 16.9 Å². The van der Waals surface area contributed by atoms with Crippen molar-refractivity contribution in [1.82, 2.24) is 15.5 Å². The Kier molecular flexibility index (Phi) is 7.08. The summed E-state index contributed by atoms with van der Waals surface area (Å²) in [5, 5.41) is 24.7. The topological polar surface area (TPSA) is 104 Å². The van der Waals surface area contributed by atoms with Gasteiger partial charge in [0.05, 0.1) is 0 Å². The summed E-state index contributed by atoms with van der Waals surface area (Å²) in [5.41, 5.74) is -0.743. The molecule has 7 nitrogen and oxygen atoms in total. The predicted molar refractivity (Wildman–Crippen MR) is 99.5 cm³/mol. The lowest BCUT2D eigenvalue weighted by atomic mass is 9.88. The highest BCUT2D eigenvalue weighted by Crippen LogP contribution is 2.27. The lowest BCUT2D eigenvalue weighted by molar-refractivity contribution is -0.137. The maximum absolute atomic E-state index is 12.5. The summed E-state index contributed by atoms with van der Waals surface area (Å²) in [7, 11) is 0. The zero-order valence-electron chi connectivity index (χ0n) is 16.1. The summed E-state index contributed by atoms with van der Waals surface area (Å²) in [5.74, 6) is -0.901. The molecule has 0 fully saturated rings. The molecular weight excluding hydrogens is 340 g/mol. The Morgan fingerprint density at radius 1 is 1.12 bits per heavy atom. The van der Waals surface area contributed by atoms with Gasteiger partial charge in [-0.05, 0) is 11.8 Å². The number of amides is 2. The van der Waals surface area contributed by atoms with Crippen molar-refractivity contribution in [2.75, 3.05) is 5.32 Å². The number of nitrogens with zero attached hydrogens (tertiary/aromatic N) is 2. The molecular formula is C17H30N4O3S. The Balaban J connectivity index is 2.80. The first-order chi connectivity index (χ1) is 11.4. The number of hydrogen-bond acceptors (Lipinski definition) is 6. The fourth-order valence-electron chi connectivity index (χ4n) is 1.97. The highest BCUT2D eigenvalue weighted by Gasteiger charge is 2.32. The molecule has 2 amide bonds. The maximum atomic E-state index is 12.5. The molecule has 1 heterocycles. The Bertz CT molecular complexity index is 602. The van der Waals surface area contributed by atoms with Crippen LogP contribution in [-0.2, 0) is 15.0 Å². The monoisotopic (exact) mass is 370 g/mol. The number of aromatic nitrogens is 2. The number of hydrogen-bond donors (Lipinski definition) is 3. The van der Waals surface area contributed by atoms with Crippen LogP contribution in [0.2, 0.25) is 0 Å². The molecule has 8 heteroatoms. The largest absolute Gasteiger partial charge is 0.383 e. The maximum Gasteiger partial charge on any atom is 0.250 e. The summed E-state index contributed by atoms with van der Waals surface area (Å²) in [4.78, 5) is 24.7. The number of rotatable bonds is 6. The molecule has 0 bridgehead atoms. The predicted octanol–water partition coefficient (Wildman–Crippen LogP) is 2.47. The third kappa shape index (κ3) is 6.36. The van der Waals surface area contributed by atoms with Gasteiger partial charge in [0.15, 0.2) is 0 Å². The van der Waals surface area contributed by atoms with E-state index in [4.69, 9.17) is 0 Å². The standard InChI is InChI=1S/C17H30N4O3S/c1-8-9-10(18-13(24)11(22)16(2,3)4)12(23)19-15-21-20-14(25-15)17(5,6)7/h10-11,22H,8-9H2,1-7H3,(H,18,24)(H,19,21,23). The van der Waals surface area contributed by atoms with Crippen LogP contribution in [0.4, 0.5) is 5.13 Å². The molecule has 2 unspecified atom stereocenters. The molecule has 0 saturated heterocycles. The van der Waals surface area contributed by atoms with Crippen molar-refractivity contribution < 1.29 is 14.7 Å². The number of anilines is 1. The van der Waals surface area contributed by atoms with Crippen LogP contribution in [0.5, 0.6) is 0 Å². The third-order valence-electron chi connectivity index (χ3n) is 3.58. The highest BCUT2D eigenvalue weighted by atomic mass is 32.1. The van der Waals surface area contributed by atoms with Crippen LogP contribution in [0.1, 0.15) is 66.3 Å². The first-order valence-electron chi connectivity index (χ1n) is 8.49. The Morgan fingerprint density at radius 3 is 2.16 bits per heavy atom. The molecule has 0 aromatic carbocycles. The molecule has 1 aromatic rings. The molecule has 3 N–H and O–H groups in total. The van der Waals surface area contributed by atoms with Gasteiger partial charge in [-0.3, -0.25) is 14.9 Å².